The second-order valence-corrected chi connectivity index (χ2v) is 1.44. The van der Waals surface area contributed by atoms with Crippen molar-refractivity contribution in [1.82, 2.24) is 0 Å². The van der Waals surface area contributed by atoms with E-state index >= 15 is 0 Å². The number of carboxylic acid groups (broad SMARTS) is 1. The Kier molecular flexibility index (Phi) is 4.77. The Morgan fingerprint density at radius 1 is 1.20 bits per heavy atom. The van der Waals surface area contributed by atoms with Gasteiger partial charge in [-0.2, -0.15) is 0 Å². The first kappa shape index (κ1) is 8.49. The van der Waals surface area contributed by atoms with Crippen molar-refractivity contribution in [3.63, 3.8) is 0 Å². The highest BCUT2D eigenvalue weighted by Gasteiger charge is 1.74. The van der Waals surface area contributed by atoms with Crippen LogP contribution in [0.2, 0.25) is 0 Å². The van der Waals surface area contributed by atoms with Crippen LogP contribution < -0.4 is 0 Å². The maximum Gasteiger partial charge on any atom is 0.290 e. The average Bonchev–Trinajstić information content (AvgIpc) is 1.91. The molecule has 1 aromatic carbocycles. The fourth-order valence-electron chi connectivity index (χ4n) is 0.428. The molecule has 1 aromatic rings. The molecule has 0 aliphatic heterocycles. The van der Waals surface area contributed by atoms with E-state index in [0.717, 1.165) is 0 Å². The third-order valence-electron chi connectivity index (χ3n) is 0.756. The molecule has 3 heteroatoms. The van der Waals surface area contributed by atoms with Crippen LogP contribution in [0.1, 0.15) is 0 Å². The smallest absolute Gasteiger partial charge is 0.290 e. The van der Waals surface area contributed by atoms with Crippen molar-refractivity contribution in [1.29, 1.82) is 0 Å². The first-order valence-corrected chi connectivity index (χ1v) is 2.63. The van der Waals surface area contributed by atoms with Gasteiger partial charge in [-0.15, -0.1) is 0 Å². The zero-order valence-corrected chi connectivity index (χ0v) is 5.27. The monoisotopic (exact) mass is 140 g/mol. The SMILES string of the molecule is O=CO.Oc1ccccc1. The lowest BCUT2D eigenvalue weighted by Gasteiger charge is -1.82. The lowest BCUT2D eigenvalue weighted by atomic mass is 10.3. The molecule has 0 atom stereocenters. The summed E-state index contributed by atoms with van der Waals surface area (Å²) in [6, 6.07) is 8.71. The van der Waals surface area contributed by atoms with Gasteiger partial charge >= 0.3 is 0 Å². The van der Waals surface area contributed by atoms with E-state index in [2.05, 4.69) is 0 Å². The summed E-state index contributed by atoms with van der Waals surface area (Å²) >= 11 is 0. The van der Waals surface area contributed by atoms with E-state index in [1.54, 1.807) is 24.3 Å². The highest BCUT2D eigenvalue weighted by Crippen LogP contribution is 2.02. The van der Waals surface area contributed by atoms with E-state index in [-0.39, 0.29) is 6.47 Å². The molecule has 2 N–H and O–H groups in total. The van der Waals surface area contributed by atoms with Crippen molar-refractivity contribution in [2.45, 2.75) is 0 Å². The Hall–Kier alpha value is -1.51. The first-order valence-electron chi connectivity index (χ1n) is 2.63. The van der Waals surface area contributed by atoms with Crippen LogP contribution >= 0.6 is 0 Å². The fourth-order valence-corrected chi connectivity index (χ4v) is 0.428. The van der Waals surface area contributed by atoms with Gasteiger partial charge in [-0.05, 0) is 12.1 Å². The summed E-state index contributed by atoms with van der Waals surface area (Å²) in [6.45, 7) is -0.250. The predicted octanol–water partition coefficient (Wildman–Crippen LogP) is 1.09. The molecule has 1 rings (SSSR count). The summed E-state index contributed by atoms with van der Waals surface area (Å²) in [7, 11) is 0. The van der Waals surface area contributed by atoms with Gasteiger partial charge in [0.05, 0.1) is 0 Å². The van der Waals surface area contributed by atoms with Crippen LogP contribution in [0.4, 0.5) is 0 Å². The van der Waals surface area contributed by atoms with Crippen molar-refractivity contribution in [2.24, 2.45) is 0 Å². The molecule has 10 heavy (non-hydrogen) atoms. The second-order valence-electron chi connectivity index (χ2n) is 1.44. The summed E-state index contributed by atoms with van der Waals surface area (Å²) in [5.41, 5.74) is 0. The van der Waals surface area contributed by atoms with E-state index in [1.165, 1.54) is 0 Å². The minimum absolute atomic E-state index is 0.250. The predicted molar refractivity (Wildman–Crippen MR) is 36.8 cm³/mol. The number of hydrogen-bond donors (Lipinski definition) is 2. The van der Waals surface area contributed by atoms with Gasteiger partial charge in [-0.1, -0.05) is 18.2 Å². The van der Waals surface area contributed by atoms with Gasteiger partial charge in [0, 0.05) is 0 Å². The van der Waals surface area contributed by atoms with Crippen LogP contribution in [-0.2, 0) is 4.79 Å². The summed E-state index contributed by atoms with van der Waals surface area (Å²) in [6.07, 6.45) is 0. The van der Waals surface area contributed by atoms with Gasteiger partial charge in [0.15, 0.2) is 0 Å². The van der Waals surface area contributed by atoms with Crippen molar-refractivity contribution in [2.75, 3.05) is 0 Å². The number of phenols is 1. The highest BCUT2D eigenvalue weighted by molar-refractivity contribution is 5.32. The number of phenolic OH excluding ortho intramolecular Hbond substituents is 1. The highest BCUT2D eigenvalue weighted by atomic mass is 16.3. The van der Waals surface area contributed by atoms with E-state index in [4.69, 9.17) is 15.0 Å². The van der Waals surface area contributed by atoms with Gasteiger partial charge < -0.3 is 10.2 Å². The van der Waals surface area contributed by atoms with Crippen LogP contribution in [0.25, 0.3) is 0 Å². The number of hydrogen-bond acceptors (Lipinski definition) is 2. The van der Waals surface area contributed by atoms with Crippen molar-refractivity contribution < 1.29 is 15.0 Å². The molecule has 0 unspecified atom stereocenters. The lowest BCUT2D eigenvalue weighted by molar-refractivity contribution is -0.122. The number of para-hydroxylation sites is 1. The summed E-state index contributed by atoms with van der Waals surface area (Å²) in [5.74, 6) is 0.322. The van der Waals surface area contributed by atoms with Gasteiger partial charge in [0.2, 0.25) is 0 Å². The Bertz CT molecular complexity index is 171. The molecule has 0 aliphatic rings. The number of benzene rings is 1. The van der Waals surface area contributed by atoms with Crippen LogP contribution in [0.5, 0.6) is 5.75 Å². The minimum atomic E-state index is -0.250. The summed E-state index contributed by atoms with van der Waals surface area (Å²) in [5, 5.41) is 15.5. The third-order valence-corrected chi connectivity index (χ3v) is 0.756. The molecule has 0 amide bonds. The standard InChI is InChI=1S/C6H6O.CH2O2/c7-6-4-2-1-3-5-6;2-1-3/h1-5,7H;1H,(H,2,3). The van der Waals surface area contributed by atoms with Gasteiger partial charge in [-0.3, -0.25) is 4.79 Å². The number of carbonyl (C=O) groups is 1. The number of aromatic hydroxyl groups is 1. The Morgan fingerprint density at radius 2 is 1.60 bits per heavy atom. The fraction of sp³-hybridized carbons (Fsp3) is 0. The second kappa shape index (κ2) is 5.62. The molecule has 0 fully saturated rings. The molecular weight excluding hydrogens is 132 g/mol. The zero-order chi connectivity index (χ0) is 7.82. The Morgan fingerprint density at radius 3 is 1.80 bits per heavy atom. The zero-order valence-electron chi connectivity index (χ0n) is 5.27. The Labute approximate surface area is 58.6 Å². The van der Waals surface area contributed by atoms with E-state index in [9.17, 15) is 0 Å². The summed E-state index contributed by atoms with van der Waals surface area (Å²) < 4.78 is 0. The molecule has 0 spiro atoms. The van der Waals surface area contributed by atoms with Crippen LogP contribution in [0, 0.1) is 0 Å². The molecule has 3 nitrogen and oxygen atoms in total. The average molecular weight is 140 g/mol. The maximum atomic E-state index is 8.63. The van der Waals surface area contributed by atoms with Gasteiger partial charge in [-0.25, -0.2) is 0 Å². The van der Waals surface area contributed by atoms with Gasteiger partial charge in [0.25, 0.3) is 6.47 Å². The molecule has 54 valence electrons. The molecular formula is C7H8O3. The largest absolute Gasteiger partial charge is 0.508 e. The van der Waals surface area contributed by atoms with Crippen molar-refractivity contribution >= 4 is 6.47 Å². The minimum Gasteiger partial charge on any atom is -0.508 e. The molecule has 0 aromatic heterocycles. The van der Waals surface area contributed by atoms with E-state index in [0.29, 0.717) is 5.75 Å². The molecule has 0 aliphatic carbocycles. The number of rotatable bonds is 0. The molecule has 0 bridgehead atoms. The van der Waals surface area contributed by atoms with E-state index in [1.807, 2.05) is 6.07 Å². The molecule has 0 saturated carbocycles. The van der Waals surface area contributed by atoms with Crippen molar-refractivity contribution in [3.05, 3.63) is 30.3 Å². The van der Waals surface area contributed by atoms with Crippen LogP contribution in [0.15, 0.2) is 30.3 Å². The third kappa shape index (κ3) is 4.64. The normalized spacial score (nSPS) is 7.20. The molecule has 0 saturated heterocycles. The van der Waals surface area contributed by atoms with Crippen molar-refractivity contribution in [3.8, 4) is 5.75 Å². The van der Waals surface area contributed by atoms with E-state index < -0.39 is 0 Å². The first-order chi connectivity index (χ1) is 4.81. The lowest BCUT2D eigenvalue weighted by Crippen LogP contribution is -1.56. The molecule has 0 heterocycles. The quantitative estimate of drug-likeness (QED) is 0.530. The topological polar surface area (TPSA) is 57.5 Å². The van der Waals surface area contributed by atoms with Crippen LogP contribution in [0.3, 0.4) is 0 Å². The molecule has 0 radical (unpaired) electrons. The van der Waals surface area contributed by atoms with Crippen LogP contribution in [-0.4, -0.2) is 16.7 Å². The Balaban J connectivity index is 0.000000236. The van der Waals surface area contributed by atoms with Gasteiger partial charge in [0.1, 0.15) is 5.75 Å². The maximum absolute atomic E-state index is 8.63. The summed E-state index contributed by atoms with van der Waals surface area (Å²) in [4.78, 5) is 8.36.